The van der Waals surface area contributed by atoms with E-state index < -0.39 is 17.8 Å². The molecule has 1 aromatic carbocycles. The maximum Gasteiger partial charge on any atom is 0.342 e. The number of aromatic hydroxyl groups is 2. The molecule has 2 N–H and O–H groups in total. The van der Waals surface area contributed by atoms with E-state index in [1.165, 1.54) is 6.07 Å². The first-order valence-electron chi connectivity index (χ1n) is 15.0. The van der Waals surface area contributed by atoms with Crippen molar-refractivity contribution in [1.82, 2.24) is 9.80 Å². The number of cyclic esters (lactones) is 1. The van der Waals surface area contributed by atoms with Crippen molar-refractivity contribution in [2.24, 2.45) is 5.16 Å². The quantitative estimate of drug-likeness (QED) is 0.274. The Kier molecular flexibility index (Phi) is 12.0. The lowest BCUT2D eigenvalue weighted by Gasteiger charge is -2.30. The Morgan fingerprint density at radius 3 is 2.58 bits per heavy atom. The maximum absolute atomic E-state index is 13.1. The number of amides is 1. The number of likely N-dealkylation sites (tertiary alicyclic amines) is 1. The Hall–Kier alpha value is -3.83. The van der Waals surface area contributed by atoms with Crippen LogP contribution >= 0.6 is 0 Å². The Labute approximate surface area is 253 Å². The Morgan fingerprint density at radius 1 is 1.05 bits per heavy atom. The highest BCUT2D eigenvalue weighted by Gasteiger charge is 2.23. The Morgan fingerprint density at radius 2 is 1.81 bits per heavy atom. The van der Waals surface area contributed by atoms with E-state index in [0.29, 0.717) is 57.0 Å². The number of ether oxygens (including phenoxy) is 3. The first kappa shape index (κ1) is 32.1. The predicted octanol–water partition coefficient (Wildman–Crippen LogP) is 3.71. The summed E-state index contributed by atoms with van der Waals surface area (Å²) in [4.78, 5) is 35.1. The number of nitrogens with zero attached hydrogens (tertiary/aromatic N) is 3. The van der Waals surface area contributed by atoms with Gasteiger partial charge in [0.25, 0.3) is 5.91 Å². The van der Waals surface area contributed by atoms with Crippen molar-refractivity contribution < 1.29 is 38.9 Å². The SMILES string of the molecule is C=C(CO[C@@H]1/C=C/C[C@@H](C)OC(=O)c2c(O)cc(O)cc2CC(=NOCC(=O)N2CCCCC2)/C=C/C1)N1CCOCC1. The van der Waals surface area contributed by atoms with Crippen LogP contribution in [0.3, 0.4) is 0 Å². The summed E-state index contributed by atoms with van der Waals surface area (Å²) >= 11 is 0. The lowest BCUT2D eigenvalue weighted by atomic mass is 9.99. The van der Waals surface area contributed by atoms with Gasteiger partial charge in [0, 0.05) is 50.8 Å². The van der Waals surface area contributed by atoms with E-state index >= 15 is 0 Å². The van der Waals surface area contributed by atoms with Gasteiger partial charge in [-0.2, -0.15) is 0 Å². The molecule has 0 saturated carbocycles. The van der Waals surface area contributed by atoms with Gasteiger partial charge in [-0.15, -0.1) is 0 Å². The molecule has 43 heavy (non-hydrogen) atoms. The van der Waals surface area contributed by atoms with Crippen LogP contribution in [0.25, 0.3) is 0 Å². The molecule has 0 unspecified atom stereocenters. The van der Waals surface area contributed by atoms with Crippen molar-refractivity contribution in [3.8, 4) is 11.5 Å². The number of carbonyl (C=O) groups excluding carboxylic acids is 2. The highest BCUT2D eigenvalue weighted by atomic mass is 16.6. The van der Waals surface area contributed by atoms with Gasteiger partial charge in [0.15, 0.2) is 6.61 Å². The molecule has 234 valence electrons. The molecule has 0 bridgehead atoms. The molecule has 3 aliphatic rings. The number of benzene rings is 1. The second kappa shape index (κ2) is 16.1. The number of esters is 1. The van der Waals surface area contributed by atoms with Gasteiger partial charge in [0.1, 0.15) is 23.2 Å². The van der Waals surface area contributed by atoms with Gasteiger partial charge in [0.2, 0.25) is 0 Å². The first-order chi connectivity index (χ1) is 20.8. The largest absolute Gasteiger partial charge is 0.508 e. The van der Waals surface area contributed by atoms with Gasteiger partial charge in [-0.1, -0.05) is 30.0 Å². The van der Waals surface area contributed by atoms with Crippen LogP contribution in [0.1, 0.15) is 54.9 Å². The standard InChI is InChI=1S/C32H43N3O8/c1-23(34-14-16-40-17-15-34)21-41-28-10-6-8-24(2)43-32(39)31-25(19-27(36)20-29(31)37)18-26(9-7-11-28)33-42-22-30(38)35-12-4-3-5-13-35/h6-7,9-10,19-20,24,28,36-37H,1,3-5,8,11-18,21-22H2,2H3/b9-7+,10-6+,33-26?/t24-,28-/m1/s1. The molecular weight excluding hydrogens is 554 g/mol. The van der Waals surface area contributed by atoms with Crippen molar-refractivity contribution >= 4 is 17.6 Å². The number of phenols is 2. The molecule has 2 fully saturated rings. The molecule has 4 rings (SSSR count). The van der Waals surface area contributed by atoms with E-state index in [1.54, 1.807) is 17.9 Å². The predicted molar refractivity (Wildman–Crippen MR) is 161 cm³/mol. The molecule has 2 atom stereocenters. The second-order valence-corrected chi connectivity index (χ2v) is 11.0. The van der Waals surface area contributed by atoms with Crippen LogP contribution in [0.15, 0.2) is 53.9 Å². The Balaban J connectivity index is 1.53. The monoisotopic (exact) mass is 597 g/mol. The molecular formula is C32H43N3O8. The topological polar surface area (TPSA) is 130 Å². The molecule has 1 amide bonds. The summed E-state index contributed by atoms with van der Waals surface area (Å²) in [5, 5.41) is 25.0. The molecule has 11 nitrogen and oxygen atoms in total. The average molecular weight is 598 g/mol. The third-order valence-electron chi connectivity index (χ3n) is 7.57. The van der Waals surface area contributed by atoms with Gasteiger partial charge in [0.05, 0.1) is 31.6 Å². The van der Waals surface area contributed by atoms with Crippen LogP contribution < -0.4 is 0 Å². The van der Waals surface area contributed by atoms with Gasteiger partial charge >= 0.3 is 5.97 Å². The van der Waals surface area contributed by atoms with Crippen LogP contribution in [-0.4, -0.2) is 102 Å². The summed E-state index contributed by atoms with van der Waals surface area (Å²) in [5.41, 5.74) is 1.52. The number of hydrogen-bond donors (Lipinski definition) is 2. The minimum absolute atomic E-state index is 0.0321. The molecule has 3 aliphatic heterocycles. The summed E-state index contributed by atoms with van der Waals surface area (Å²) in [7, 11) is 0. The zero-order valence-corrected chi connectivity index (χ0v) is 24.9. The van der Waals surface area contributed by atoms with E-state index in [9.17, 15) is 19.8 Å². The van der Waals surface area contributed by atoms with E-state index in [4.69, 9.17) is 19.0 Å². The second-order valence-electron chi connectivity index (χ2n) is 11.0. The molecule has 0 aliphatic carbocycles. The molecule has 0 aromatic heterocycles. The van der Waals surface area contributed by atoms with Gasteiger partial charge < -0.3 is 39.1 Å². The van der Waals surface area contributed by atoms with Crippen LogP contribution in [0, 0.1) is 0 Å². The smallest absolute Gasteiger partial charge is 0.342 e. The Bertz CT molecular complexity index is 1220. The number of rotatable bonds is 7. The molecule has 0 radical (unpaired) electrons. The zero-order valence-electron chi connectivity index (χ0n) is 24.9. The molecule has 2 saturated heterocycles. The number of piperidine rings is 1. The lowest BCUT2D eigenvalue weighted by molar-refractivity contribution is -0.137. The number of morpholine rings is 1. The normalized spacial score (nSPS) is 24.4. The zero-order chi connectivity index (χ0) is 30.6. The molecule has 1 aromatic rings. The minimum atomic E-state index is -0.718. The van der Waals surface area contributed by atoms with Crippen molar-refractivity contribution in [3.63, 3.8) is 0 Å². The number of allylic oxidation sites excluding steroid dienone is 1. The van der Waals surface area contributed by atoms with E-state index in [2.05, 4.69) is 16.6 Å². The third kappa shape index (κ3) is 9.86. The van der Waals surface area contributed by atoms with Crippen molar-refractivity contribution in [2.45, 2.75) is 57.7 Å². The summed E-state index contributed by atoms with van der Waals surface area (Å²) in [6, 6.07) is 2.49. The summed E-state index contributed by atoms with van der Waals surface area (Å²) in [6.45, 7) is 10.4. The van der Waals surface area contributed by atoms with Crippen molar-refractivity contribution in [1.29, 1.82) is 0 Å². The summed E-state index contributed by atoms with van der Waals surface area (Å²) < 4.78 is 17.3. The van der Waals surface area contributed by atoms with Gasteiger partial charge in [-0.05, 0) is 50.3 Å². The number of hydrogen-bond acceptors (Lipinski definition) is 10. The highest BCUT2D eigenvalue weighted by molar-refractivity contribution is 6.00. The van der Waals surface area contributed by atoms with Crippen LogP contribution in [-0.2, 0) is 30.3 Å². The number of phenolic OH excluding ortho intramolecular Hbond substituents is 2. The maximum atomic E-state index is 13.1. The van der Waals surface area contributed by atoms with Crippen LogP contribution in [0.5, 0.6) is 11.5 Å². The number of oxime groups is 1. The van der Waals surface area contributed by atoms with E-state index in [0.717, 1.165) is 44.1 Å². The van der Waals surface area contributed by atoms with Crippen LogP contribution in [0.4, 0.5) is 0 Å². The van der Waals surface area contributed by atoms with Crippen LogP contribution in [0.2, 0.25) is 0 Å². The number of carbonyl (C=O) groups is 2. The fourth-order valence-corrected chi connectivity index (χ4v) is 5.19. The summed E-state index contributed by atoms with van der Waals surface area (Å²) in [5.74, 6) is -1.46. The molecule has 0 spiro atoms. The van der Waals surface area contributed by atoms with Crippen molar-refractivity contribution in [3.05, 3.63) is 59.8 Å². The lowest BCUT2D eigenvalue weighted by Crippen LogP contribution is -2.37. The average Bonchev–Trinajstić information content (AvgIpc) is 2.99. The van der Waals surface area contributed by atoms with E-state index in [1.807, 2.05) is 18.2 Å². The highest BCUT2D eigenvalue weighted by Crippen LogP contribution is 2.29. The molecule has 3 heterocycles. The van der Waals surface area contributed by atoms with Gasteiger partial charge in [-0.25, -0.2) is 4.79 Å². The first-order valence-corrected chi connectivity index (χ1v) is 15.0. The molecule has 11 heteroatoms. The fourth-order valence-electron chi connectivity index (χ4n) is 5.19. The minimum Gasteiger partial charge on any atom is -0.508 e. The number of fused-ring (bicyclic) bond motifs is 1. The van der Waals surface area contributed by atoms with Crippen molar-refractivity contribution in [2.75, 3.05) is 52.6 Å². The van der Waals surface area contributed by atoms with Gasteiger partial charge in [-0.3, -0.25) is 4.79 Å². The third-order valence-corrected chi connectivity index (χ3v) is 7.57. The van der Waals surface area contributed by atoms with E-state index in [-0.39, 0.29) is 36.4 Å². The fraction of sp³-hybridized carbons (Fsp3) is 0.531. The summed E-state index contributed by atoms with van der Waals surface area (Å²) in [6.07, 6.45) is 10.7.